The molecule has 1 atom stereocenters. The number of aromatic nitrogens is 2. The van der Waals surface area contributed by atoms with Crippen LogP contribution in [-0.4, -0.2) is 46.5 Å². The van der Waals surface area contributed by atoms with Gasteiger partial charge in [0.1, 0.15) is 11.3 Å². The first-order chi connectivity index (χ1) is 11.2. The number of alkyl halides is 3. The van der Waals surface area contributed by atoms with Gasteiger partial charge in [-0.1, -0.05) is 0 Å². The standard InChI is InChI=1S/C14H18F3N3O4/c1-20-11(10(7-19-20)14(15,16)17)12(21)18-6-9(13(22)23)8-2-4-24-5-3-8/h7-9H,2-6H2,1H3,(H,18,21)(H,22,23). The SMILES string of the molecule is Cn1ncc(C(F)(F)F)c1C(=O)NCC(C(=O)O)C1CCOCC1. The second-order valence-corrected chi connectivity index (χ2v) is 5.63. The number of aryl methyl sites for hydroxylation is 1. The van der Waals surface area contributed by atoms with Gasteiger partial charge >= 0.3 is 12.1 Å². The van der Waals surface area contributed by atoms with Gasteiger partial charge < -0.3 is 15.2 Å². The fraction of sp³-hybridized carbons (Fsp3) is 0.643. The fourth-order valence-electron chi connectivity index (χ4n) is 2.77. The number of carboxylic acids is 1. The zero-order valence-corrected chi connectivity index (χ0v) is 13.0. The average molecular weight is 349 g/mol. The molecule has 2 heterocycles. The highest BCUT2D eigenvalue weighted by atomic mass is 19.4. The summed E-state index contributed by atoms with van der Waals surface area (Å²) in [5, 5.41) is 15.1. The molecule has 0 aromatic carbocycles. The zero-order valence-electron chi connectivity index (χ0n) is 13.0. The quantitative estimate of drug-likeness (QED) is 0.836. The molecule has 1 unspecified atom stereocenters. The molecule has 2 rings (SSSR count). The van der Waals surface area contributed by atoms with Gasteiger partial charge in [0, 0.05) is 26.8 Å². The molecule has 7 nitrogen and oxygen atoms in total. The molecule has 0 saturated carbocycles. The lowest BCUT2D eigenvalue weighted by atomic mass is 9.86. The van der Waals surface area contributed by atoms with Crippen LogP contribution in [0.25, 0.3) is 0 Å². The van der Waals surface area contributed by atoms with E-state index < -0.39 is 35.2 Å². The van der Waals surface area contributed by atoms with E-state index in [1.165, 1.54) is 7.05 Å². The van der Waals surface area contributed by atoms with Crippen molar-refractivity contribution in [2.75, 3.05) is 19.8 Å². The molecule has 1 fully saturated rings. The van der Waals surface area contributed by atoms with Gasteiger partial charge in [-0.25, -0.2) is 0 Å². The van der Waals surface area contributed by atoms with Crippen LogP contribution in [0.15, 0.2) is 6.20 Å². The maximum Gasteiger partial charge on any atom is 0.420 e. The van der Waals surface area contributed by atoms with Gasteiger partial charge in [0.25, 0.3) is 5.91 Å². The maximum atomic E-state index is 12.9. The number of carbonyl (C=O) groups excluding carboxylic acids is 1. The number of carbonyl (C=O) groups is 2. The molecule has 1 saturated heterocycles. The molecule has 1 aromatic rings. The van der Waals surface area contributed by atoms with Gasteiger partial charge in [-0.3, -0.25) is 14.3 Å². The lowest BCUT2D eigenvalue weighted by molar-refractivity contribution is -0.144. The molecule has 0 aliphatic carbocycles. The molecule has 1 aliphatic rings. The van der Waals surface area contributed by atoms with E-state index in [4.69, 9.17) is 4.74 Å². The summed E-state index contributed by atoms with van der Waals surface area (Å²) in [6.45, 7) is 0.617. The highest BCUT2D eigenvalue weighted by molar-refractivity contribution is 5.94. The van der Waals surface area contributed by atoms with Crippen LogP contribution in [0.5, 0.6) is 0 Å². The smallest absolute Gasteiger partial charge is 0.420 e. The van der Waals surface area contributed by atoms with E-state index in [-0.39, 0.29) is 12.5 Å². The van der Waals surface area contributed by atoms with Crippen molar-refractivity contribution in [3.63, 3.8) is 0 Å². The van der Waals surface area contributed by atoms with Crippen LogP contribution in [-0.2, 0) is 22.8 Å². The van der Waals surface area contributed by atoms with Crippen molar-refractivity contribution < 1.29 is 32.6 Å². The van der Waals surface area contributed by atoms with Gasteiger partial charge in [0.15, 0.2) is 0 Å². The van der Waals surface area contributed by atoms with Crippen LogP contribution >= 0.6 is 0 Å². The number of nitrogens with one attached hydrogen (secondary N) is 1. The van der Waals surface area contributed by atoms with E-state index in [9.17, 15) is 27.9 Å². The van der Waals surface area contributed by atoms with Crippen LogP contribution in [0.4, 0.5) is 13.2 Å². The summed E-state index contributed by atoms with van der Waals surface area (Å²) in [4.78, 5) is 23.5. The van der Waals surface area contributed by atoms with Crippen molar-refractivity contribution in [2.45, 2.75) is 19.0 Å². The molecule has 1 aliphatic heterocycles. The molecule has 0 radical (unpaired) electrons. The first kappa shape index (κ1) is 18.2. The number of amides is 1. The number of halogens is 3. The number of hydrogen-bond donors (Lipinski definition) is 2. The Morgan fingerprint density at radius 2 is 2.08 bits per heavy atom. The number of hydrogen-bond acceptors (Lipinski definition) is 4. The zero-order chi connectivity index (χ0) is 17.9. The predicted octanol–water partition coefficient (Wildman–Crippen LogP) is 1.30. The van der Waals surface area contributed by atoms with E-state index in [1.807, 2.05) is 0 Å². The molecular formula is C14H18F3N3O4. The van der Waals surface area contributed by atoms with Gasteiger partial charge in [0.2, 0.25) is 0 Å². The minimum atomic E-state index is -4.71. The molecule has 1 amide bonds. The normalized spacial score (nSPS) is 17.5. The lowest BCUT2D eigenvalue weighted by Crippen LogP contribution is -2.39. The Morgan fingerprint density at radius 1 is 1.46 bits per heavy atom. The third-order valence-electron chi connectivity index (χ3n) is 4.09. The van der Waals surface area contributed by atoms with Crippen LogP contribution in [0.2, 0.25) is 0 Å². The summed E-state index contributed by atoms with van der Waals surface area (Å²) in [7, 11) is 1.22. The highest BCUT2D eigenvalue weighted by Crippen LogP contribution is 2.31. The summed E-state index contributed by atoms with van der Waals surface area (Å²) in [5.41, 5.74) is -1.79. The van der Waals surface area contributed by atoms with Crippen molar-refractivity contribution >= 4 is 11.9 Å². The van der Waals surface area contributed by atoms with E-state index in [0.29, 0.717) is 32.3 Å². The van der Waals surface area contributed by atoms with Gasteiger partial charge in [-0.05, 0) is 18.8 Å². The minimum absolute atomic E-state index is 0.190. The summed E-state index contributed by atoms with van der Waals surface area (Å²) in [6.07, 6.45) is -3.07. The Labute approximate surface area is 135 Å². The number of carboxylic acid groups (broad SMARTS) is 1. The Hall–Kier alpha value is -2.10. The number of aliphatic carboxylic acids is 1. The van der Waals surface area contributed by atoms with Gasteiger partial charge in [-0.15, -0.1) is 0 Å². The Bertz CT molecular complexity index is 609. The van der Waals surface area contributed by atoms with E-state index in [2.05, 4.69) is 10.4 Å². The van der Waals surface area contributed by atoms with Crippen molar-refractivity contribution in [3.05, 3.63) is 17.5 Å². The summed E-state index contributed by atoms with van der Waals surface area (Å²) >= 11 is 0. The minimum Gasteiger partial charge on any atom is -0.481 e. The lowest BCUT2D eigenvalue weighted by Gasteiger charge is -2.27. The monoisotopic (exact) mass is 349 g/mol. The molecule has 0 spiro atoms. The molecule has 134 valence electrons. The van der Waals surface area contributed by atoms with Crippen LogP contribution in [0, 0.1) is 11.8 Å². The Morgan fingerprint density at radius 3 is 2.62 bits per heavy atom. The average Bonchev–Trinajstić information content (AvgIpc) is 2.90. The fourth-order valence-corrected chi connectivity index (χ4v) is 2.77. The maximum absolute atomic E-state index is 12.9. The largest absolute Gasteiger partial charge is 0.481 e. The topological polar surface area (TPSA) is 93.5 Å². The van der Waals surface area contributed by atoms with E-state index in [0.717, 1.165) is 4.68 Å². The van der Waals surface area contributed by atoms with Crippen molar-refractivity contribution in [1.29, 1.82) is 0 Å². The van der Waals surface area contributed by atoms with Gasteiger partial charge in [-0.2, -0.15) is 18.3 Å². The Balaban J connectivity index is 2.09. The number of ether oxygens (including phenoxy) is 1. The Kier molecular flexibility index (Phi) is 5.47. The summed E-state index contributed by atoms with van der Waals surface area (Å²) < 4.78 is 44.7. The summed E-state index contributed by atoms with van der Waals surface area (Å²) in [5.74, 6) is -3.16. The first-order valence-corrected chi connectivity index (χ1v) is 7.39. The van der Waals surface area contributed by atoms with Crippen LogP contribution in [0.1, 0.15) is 28.9 Å². The third-order valence-corrected chi connectivity index (χ3v) is 4.09. The molecular weight excluding hydrogens is 331 g/mol. The molecule has 2 N–H and O–H groups in total. The highest BCUT2D eigenvalue weighted by Gasteiger charge is 2.38. The molecule has 10 heteroatoms. The molecule has 0 bridgehead atoms. The van der Waals surface area contributed by atoms with Crippen molar-refractivity contribution in [3.8, 4) is 0 Å². The second-order valence-electron chi connectivity index (χ2n) is 5.63. The number of nitrogens with zero attached hydrogens (tertiary/aromatic N) is 2. The van der Waals surface area contributed by atoms with E-state index >= 15 is 0 Å². The van der Waals surface area contributed by atoms with Crippen molar-refractivity contribution in [1.82, 2.24) is 15.1 Å². The third kappa shape index (κ3) is 4.05. The van der Waals surface area contributed by atoms with Crippen LogP contribution in [0.3, 0.4) is 0 Å². The summed E-state index contributed by atoms with van der Waals surface area (Å²) in [6, 6.07) is 0. The molecule has 1 aromatic heterocycles. The second kappa shape index (κ2) is 7.20. The number of rotatable bonds is 5. The first-order valence-electron chi connectivity index (χ1n) is 7.39. The van der Waals surface area contributed by atoms with E-state index in [1.54, 1.807) is 0 Å². The predicted molar refractivity (Wildman–Crippen MR) is 75.2 cm³/mol. The van der Waals surface area contributed by atoms with Crippen molar-refractivity contribution in [2.24, 2.45) is 18.9 Å². The van der Waals surface area contributed by atoms with Crippen LogP contribution < -0.4 is 5.32 Å². The van der Waals surface area contributed by atoms with Gasteiger partial charge in [0.05, 0.1) is 12.1 Å². The molecule has 24 heavy (non-hydrogen) atoms.